The minimum Gasteiger partial charge on any atom is -0.384 e. The quantitative estimate of drug-likeness (QED) is 0.784. The number of halogens is 1. The van der Waals surface area contributed by atoms with Gasteiger partial charge in [-0.05, 0) is 43.9 Å². The van der Waals surface area contributed by atoms with Crippen LogP contribution in [-0.4, -0.2) is 32.6 Å². The van der Waals surface area contributed by atoms with Crippen LogP contribution < -0.4 is 4.90 Å². The minimum absolute atomic E-state index is 0.110. The molecule has 0 amide bonds. The first kappa shape index (κ1) is 14.0. The molecule has 19 heavy (non-hydrogen) atoms. The topological polar surface area (TPSA) is 29.5 Å². The van der Waals surface area contributed by atoms with E-state index in [1.165, 1.54) is 13.0 Å². The van der Waals surface area contributed by atoms with Crippen LogP contribution in [0.25, 0.3) is 0 Å². The number of nitrogens with zero attached hydrogens (tertiary/aromatic N) is 1. The van der Waals surface area contributed by atoms with E-state index >= 15 is 0 Å². The lowest BCUT2D eigenvalue weighted by atomic mass is 9.98. The van der Waals surface area contributed by atoms with Crippen molar-refractivity contribution in [2.45, 2.75) is 19.8 Å². The number of methoxy groups -OCH3 is 1. The standard InChI is InChI=1S/C15H20FNO2/c1-11(18)13-5-6-15(14(16)8-13)17-7-3-4-12(9-17)10-19-2/h5-6,8,12H,3-4,7,9-10H2,1-2H3. The van der Waals surface area contributed by atoms with Gasteiger partial charge in [-0.2, -0.15) is 0 Å². The van der Waals surface area contributed by atoms with Gasteiger partial charge in [0.2, 0.25) is 0 Å². The summed E-state index contributed by atoms with van der Waals surface area (Å²) in [5.74, 6) is 0.0257. The van der Waals surface area contributed by atoms with Crippen LogP contribution in [0.5, 0.6) is 0 Å². The van der Waals surface area contributed by atoms with Gasteiger partial charge in [-0.25, -0.2) is 4.39 Å². The molecule has 0 N–H and O–H groups in total. The Morgan fingerprint density at radius 2 is 2.32 bits per heavy atom. The lowest BCUT2D eigenvalue weighted by molar-refractivity contribution is 0.101. The summed E-state index contributed by atoms with van der Waals surface area (Å²) >= 11 is 0. The Morgan fingerprint density at radius 3 is 2.95 bits per heavy atom. The van der Waals surface area contributed by atoms with Crippen LogP contribution in [0, 0.1) is 11.7 Å². The predicted molar refractivity (Wildman–Crippen MR) is 73.2 cm³/mol. The molecule has 1 fully saturated rings. The van der Waals surface area contributed by atoms with E-state index in [1.807, 2.05) is 4.90 Å². The molecule has 0 aromatic heterocycles. The van der Waals surface area contributed by atoms with Crippen LogP contribution >= 0.6 is 0 Å². The molecule has 1 aromatic rings. The molecule has 104 valence electrons. The van der Waals surface area contributed by atoms with Crippen LogP contribution in [0.4, 0.5) is 10.1 Å². The van der Waals surface area contributed by atoms with Crippen LogP contribution in [0.15, 0.2) is 18.2 Å². The van der Waals surface area contributed by atoms with Gasteiger partial charge < -0.3 is 9.64 Å². The van der Waals surface area contributed by atoms with Crippen molar-refractivity contribution < 1.29 is 13.9 Å². The van der Waals surface area contributed by atoms with Crippen LogP contribution in [0.2, 0.25) is 0 Å². The molecule has 1 atom stereocenters. The van der Waals surface area contributed by atoms with E-state index in [0.717, 1.165) is 25.9 Å². The summed E-state index contributed by atoms with van der Waals surface area (Å²) in [6.45, 7) is 3.83. The molecule has 1 heterocycles. The van der Waals surface area contributed by atoms with Crippen molar-refractivity contribution in [1.82, 2.24) is 0 Å². The Morgan fingerprint density at radius 1 is 1.53 bits per heavy atom. The number of rotatable bonds is 4. The van der Waals surface area contributed by atoms with Gasteiger partial charge in [0, 0.05) is 25.8 Å². The fourth-order valence-electron chi connectivity index (χ4n) is 2.64. The molecule has 1 saturated heterocycles. The molecule has 1 aliphatic heterocycles. The van der Waals surface area contributed by atoms with Crippen LogP contribution in [-0.2, 0) is 4.74 Å². The number of Topliss-reactive ketones (excluding diaryl/α,β-unsaturated/α-hetero) is 1. The van der Waals surface area contributed by atoms with Crippen molar-refractivity contribution >= 4 is 11.5 Å². The Bertz CT molecular complexity index is 459. The van der Waals surface area contributed by atoms with Crippen molar-refractivity contribution in [2.24, 2.45) is 5.92 Å². The highest BCUT2D eigenvalue weighted by Crippen LogP contribution is 2.26. The highest BCUT2D eigenvalue weighted by atomic mass is 19.1. The van der Waals surface area contributed by atoms with Gasteiger partial charge in [0.1, 0.15) is 5.82 Å². The lowest BCUT2D eigenvalue weighted by Crippen LogP contribution is -2.37. The maximum atomic E-state index is 14.1. The van der Waals surface area contributed by atoms with E-state index in [0.29, 0.717) is 23.8 Å². The molecule has 1 aromatic carbocycles. The normalized spacial score (nSPS) is 19.5. The third-order valence-electron chi connectivity index (χ3n) is 3.62. The van der Waals surface area contributed by atoms with Gasteiger partial charge in [0.05, 0.1) is 12.3 Å². The third kappa shape index (κ3) is 3.32. The monoisotopic (exact) mass is 265 g/mol. The third-order valence-corrected chi connectivity index (χ3v) is 3.62. The van der Waals surface area contributed by atoms with Gasteiger partial charge in [-0.1, -0.05) is 0 Å². The first-order valence-electron chi connectivity index (χ1n) is 6.66. The fraction of sp³-hybridized carbons (Fsp3) is 0.533. The number of hydrogen-bond acceptors (Lipinski definition) is 3. The number of carbonyl (C=O) groups is 1. The fourth-order valence-corrected chi connectivity index (χ4v) is 2.64. The zero-order valence-corrected chi connectivity index (χ0v) is 11.5. The SMILES string of the molecule is COCC1CCCN(c2ccc(C(C)=O)cc2F)C1. The first-order chi connectivity index (χ1) is 9.11. The largest absolute Gasteiger partial charge is 0.384 e. The molecule has 0 spiro atoms. The molecule has 0 radical (unpaired) electrons. The molecule has 0 bridgehead atoms. The van der Waals surface area contributed by atoms with E-state index < -0.39 is 0 Å². The number of ether oxygens (including phenoxy) is 1. The average Bonchev–Trinajstić information content (AvgIpc) is 2.39. The van der Waals surface area contributed by atoms with E-state index in [9.17, 15) is 9.18 Å². The van der Waals surface area contributed by atoms with Crippen LogP contribution in [0.1, 0.15) is 30.1 Å². The van der Waals surface area contributed by atoms with Crippen molar-refractivity contribution in [1.29, 1.82) is 0 Å². The van der Waals surface area contributed by atoms with Crippen molar-refractivity contribution in [3.8, 4) is 0 Å². The van der Waals surface area contributed by atoms with Crippen molar-refractivity contribution in [3.05, 3.63) is 29.6 Å². The second kappa shape index (κ2) is 6.15. The summed E-state index contributed by atoms with van der Waals surface area (Å²) in [4.78, 5) is 13.3. The molecule has 1 aliphatic rings. The Balaban J connectivity index is 2.15. The van der Waals surface area contributed by atoms with E-state index in [2.05, 4.69) is 0 Å². The van der Waals surface area contributed by atoms with Gasteiger partial charge in [0.25, 0.3) is 0 Å². The summed E-state index contributed by atoms with van der Waals surface area (Å²) in [5.41, 5.74) is 1.01. The molecule has 3 nitrogen and oxygen atoms in total. The summed E-state index contributed by atoms with van der Waals surface area (Å²) in [5, 5.41) is 0. The minimum atomic E-state index is -0.314. The number of piperidine rings is 1. The molecule has 1 unspecified atom stereocenters. The summed E-state index contributed by atoms with van der Waals surface area (Å²) in [6, 6.07) is 4.74. The number of benzene rings is 1. The van der Waals surface area contributed by atoms with Crippen LogP contribution in [0.3, 0.4) is 0 Å². The Hall–Kier alpha value is -1.42. The van der Waals surface area contributed by atoms with E-state index in [1.54, 1.807) is 19.2 Å². The van der Waals surface area contributed by atoms with Gasteiger partial charge in [-0.3, -0.25) is 4.79 Å². The highest BCUT2D eigenvalue weighted by molar-refractivity contribution is 5.94. The van der Waals surface area contributed by atoms with Crippen molar-refractivity contribution in [3.63, 3.8) is 0 Å². The zero-order chi connectivity index (χ0) is 13.8. The summed E-state index contributed by atoms with van der Waals surface area (Å²) < 4.78 is 19.3. The molecule has 0 saturated carbocycles. The van der Waals surface area contributed by atoms with Gasteiger partial charge in [0.15, 0.2) is 5.78 Å². The number of anilines is 1. The first-order valence-corrected chi connectivity index (χ1v) is 6.66. The smallest absolute Gasteiger partial charge is 0.159 e. The molecule has 0 aliphatic carbocycles. The molecule has 2 rings (SSSR count). The summed E-state index contributed by atoms with van der Waals surface area (Å²) in [6.07, 6.45) is 2.17. The maximum Gasteiger partial charge on any atom is 0.159 e. The molecule has 4 heteroatoms. The van der Waals surface area contributed by atoms with E-state index in [4.69, 9.17) is 4.74 Å². The molecular formula is C15H20FNO2. The number of ketones is 1. The predicted octanol–water partition coefficient (Wildman–Crippen LogP) is 2.89. The maximum absolute atomic E-state index is 14.1. The molecular weight excluding hydrogens is 245 g/mol. The Labute approximate surface area is 113 Å². The zero-order valence-electron chi connectivity index (χ0n) is 11.5. The number of hydrogen-bond donors (Lipinski definition) is 0. The Kier molecular flexibility index (Phi) is 4.53. The summed E-state index contributed by atoms with van der Waals surface area (Å²) in [7, 11) is 1.70. The average molecular weight is 265 g/mol. The highest BCUT2D eigenvalue weighted by Gasteiger charge is 2.22. The van der Waals surface area contributed by atoms with E-state index in [-0.39, 0.29) is 11.6 Å². The lowest BCUT2D eigenvalue weighted by Gasteiger charge is -2.34. The second-order valence-electron chi connectivity index (χ2n) is 5.13. The van der Waals surface area contributed by atoms with Gasteiger partial charge >= 0.3 is 0 Å². The second-order valence-corrected chi connectivity index (χ2v) is 5.13. The van der Waals surface area contributed by atoms with Crippen molar-refractivity contribution in [2.75, 3.05) is 31.7 Å². The van der Waals surface area contributed by atoms with Gasteiger partial charge in [-0.15, -0.1) is 0 Å². The number of carbonyl (C=O) groups excluding carboxylic acids is 1.